The van der Waals surface area contributed by atoms with Crippen molar-refractivity contribution in [2.75, 3.05) is 33.4 Å². The summed E-state index contributed by atoms with van der Waals surface area (Å²) in [6, 6.07) is 10.6. The van der Waals surface area contributed by atoms with Crippen LogP contribution < -0.4 is 10.6 Å². The average Bonchev–Trinajstić information content (AvgIpc) is 2.64. The van der Waals surface area contributed by atoms with Gasteiger partial charge in [-0.2, -0.15) is 0 Å². The number of benzene rings is 1. The van der Waals surface area contributed by atoms with Crippen molar-refractivity contribution in [1.82, 2.24) is 10.6 Å². The first-order chi connectivity index (χ1) is 11.6. The first kappa shape index (κ1) is 18.9. The molecule has 1 aliphatic heterocycles. The van der Waals surface area contributed by atoms with Crippen molar-refractivity contribution in [3.63, 3.8) is 0 Å². The van der Waals surface area contributed by atoms with Crippen LogP contribution in [-0.2, 0) is 14.9 Å². The van der Waals surface area contributed by atoms with Gasteiger partial charge in [-0.15, -0.1) is 0 Å². The molecule has 0 aliphatic carbocycles. The maximum Gasteiger partial charge on any atom is 0.228 e. The van der Waals surface area contributed by atoms with Crippen molar-refractivity contribution in [3.8, 4) is 0 Å². The van der Waals surface area contributed by atoms with Gasteiger partial charge in [0, 0.05) is 19.1 Å². The van der Waals surface area contributed by atoms with Crippen LogP contribution >= 0.6 is 0 Å². The minimum Gasteiger partial charge on any atom is -0.384 e. The Morgan fingerprint density at radius 3 is 2.38 bits per heavy atom. The highest BCUT2D eigenvalue weighted by Crippen LogP contribution is 2.33. The SMILES string of the molecule is CCC(CC)(CNC(=O)C1(COC)CCNCC1)c1ccccc1. The van der Waals surface area contributed by atoms with Gasteiger partial charge < -0.3 is 15.4 Å². The fraction of sp³-hybridized carbons (Fsp3) is 0.650. The Morgan fingerprint density at radius 2 is 1.83 bits per heavy atom. The fourth-order valence-corrected chi connectivity index (χ4v) is 3.86. The van der Waals surface area contributed by atoms with Crippen LogP contribution in [0.25, 0.3) is 0 Å². The van der Waals surface area contributed by atoms with E-state index in [1.807, 2.05) is 6.07 Å². The van der Waals surface area contributed by atoms with Gasteiger partial charge in [0.1, 0.15) is 0 Å². The summed E-state index contributed by atoms with van der Waals surface area (Å²) < 4.78 is 5.39. The number of hydrogen-bond acceptors (Lipinski definition) is 3. The number of piperidine rings is 1. The molecule has 2 N–H and O–H groups in total. The van der Waals surface area contributed by atoms with Gasteiger partial charge in [0.25, 0.3) is 0 Å². The zero-order chi connectivity index (χ0) is 17.5. The van der Waals surface area contributed by atoms with Crippen LogP contribution in [0.1, 0.15) is 45.1 Å². The van der Waals surface area contributed by atoms with E-state index in [1.54, 1.807) is 7.11 Å². The Labute approximate surface area is 146 Å². The highest BCUT2D eigenvalue weighted by atomic mass is 16.5. The number of rotatable bonds is 8. The van der Waals surface area contributed by atoms with Gasteiger partial charge in [-0.1, -0.05) is 44.2 Å². The molecule has 1 heterocycles. The quantitative estimate of drug-likeness (QED) is 0.770. The molecule has 0 atom stereocenters. The largest absolute Gasteiger partial charge is 0.384 e. The molecule has 0 radical (unpaired) electrons. The molecule has 24 heavy (non-hydrogen) atoms. The normalized spacial score (nSPS) is 17.5. The lowest BCUT2D eigenvalue weighted by atomic mass is 9.74. The Bertz CT molecular complexity index is 500. The Kier molecular flexibility index (Phi) is 6.81. The number of methoxy groups -OCH3 is 1. The minimum absolute atomic E-state index is 0.00189. The lowest BCUT2D eigenvalue weighted by molar-refractivity contribution is -0.136. The zero-order valence-corrected chi connectivity index (χ0v) is 15.4. The molecule has 2 rings (SSSR count). The van der Waals surface area contributed by atoms with Crippen molar-refractivity contribution < 1.29 is 9.53 Å². The summed E-state index contributed by atoms with van der Waals surface area (Å²) in [5.74, 6) is 0.146. The standard InChI is InChI=1S/C20H32N2O2/c1-4-19(5-2,17-9-7-6-8-10-17)15-22-18(23)20(16-24-3)11-13-21-14-12-20/h6-10,21H,4-5,11-16H2,1-3H3,(H,22,23). The maximum atomic E-state index is 13.0. The summed E-state index contributed by atoms with van der Waals surface area (Å²) in [6.45, 7) is 7.35. The van der Waals surface area contributed by atoms with E-state index in [-0.39, 0.29) is 16.7 Å². The second kappa shape index (κ2) is 8.63. The number of amides is 1. The van der Waals surface area contributed by atoms with Gasteiger partial charge in [-0.25, -0.2) is 0 Å². The van der Waals surface area contributed by atoms with Gasteiger partial charge in [0.2, 0.25) is 5.91 Å². The van der Waals surface area contributed by atoms with E-state index >= 15 is 0 Å². The van der Waals surface area contributed by atoms with Gasteiger partial charge in [-0.05, 0) is 44.3 Å². The molecule has 1 aromatic carbocycles. The predicted molar refractivity (Wildman–Crippen MR) is 98.1 cm³/mol. The fourth-order valence-electron chi connectivity index (χ4n) is 3.86. The average molecular weight is 332 g/mol. The molecule has 0 unspecified atom stereocenters. The van der Waals surface area contributed by atoms with E-state index < -0.39 is 0 Å². The van der Waals surface area contributed by atoms with E-state index in [0.717, 1.165) is 38.8 Å². The molecule has 1 aromatic rings. The van der Waals surface area contributed by atoms with Gasteiger partial charge in [0.05, 0.1) is 12.0 Å². The molecule has 0 bridgehead atoms. The second-order valence-corrected chi connectivity index (χ2v) is 7.00. The Balaban J connectivity index is 2.12. The van der Waals surface area contributed by atoms with Crippen LogP contribution in [0.15, 0.2) is 30.3 Å². The molecule has 0 aromatic heterocycles. The molecule has 0 spiro atoms. The molecule has 134 valence electrons. The van der Waals surface area contributed by atoms with Crippen LogP contribution in [0, 0.1) is 5.41 Å². The molecule has 1 saturated heterocycles. The lowest BCUT2D eigenvalue weighted by Gasteiger charge is -2.38. The predicted octanol–water partition coefficient (Wildman–Crippen LogP) is 2.88. The minimum atomic E-state index is -0.385. The molecule has 4 nitrogen and oxygen atoms in total. The summed E-state index contributed by atoms with van der Waals surface area (Å²) in [5.41, 5.74) is 0.920. The van der Waals surface area contributed by atoms with E-state index in [0.29, 0.717) is 13.2 Å². The number of carbonyl (C=O) groups is 1. The highest BCUT2D eigenvalue weighted by molar-refractivity contribution is 5.83. The topological polar surface area (TPSA) is 50.4 Å². The lowest BCUT2D eigenvalue weighted by Crippen LogP contribution is -2.52. The van der Waals surface area contributed by atoms with Crippen molar-refractivity contribution in [2.24, 2.45) is 5.41 Å². The molecule has 1 amide bonds. The third-order valence-corrected chi connectivity index (χ3v) is 5.79. The molecule has 1 fully saturated rings. The number of hydrogen-bond donors (Lipinski definition) is 2. The third-order valence-electron chi connectivity index (χ3n) is 5.79. The first-order valence-corrected chi connectivity index (χ1v) is 9.16. The zero-order valence-electron chi connectivity index (χ0n) is 15.4. The number of carbonyl (C=O) groups excluding carboxylic acids is 1. The smallest absolute Gasteiger partial charge is 0.228 e. The van der Waals surface area contributed by atoms with E-state index in [1.165, 1.54) is 5.56 Å². The van der Waals surface area contributed by atoms with Crippen molar-refractivity contribution >= 4 is 5.91 Å². The van der Waals surface area contributed by atoms with Crippen LogP contribution in [0.2, 0.25) is 0 Å². The maximum absolute atomic E-state index is 13.0. The summed E-state index contributed by atoms with van der Waals surface area (Å²) in [4.78, 5) is 13.0. The Morgan fingerprint density at radius 1 is 1.21 bits per heavy atom. The first-order valence-electron chi connectivity index (χ1n) is 9.16. The number of ether oxygens (including phenoxy) is 1. The summed E-state index contributed by atoms with van der Waals surface area (Å²) in [7, 11) is 1.68. The highest BCUT2D eigenvalue weighted by Gasteiger charge is 2.40. The summed E-state index contributed by atoms with van der Waals surface area (Å²) in [6.07, 6.45) is 3.69. The van der Waals surface area contributed by atoms with Crippen molar-refractivity contribution in [2.45, 2.75) is 44.9 Å². The molecule has 1 aliphatic rings. The van der Waals surface area contributed by atoms with Gasteiger partial charge in [0.15, 0.2) is 0 Å². The molecular weight excluding hydrogens is 300 g/mol. The van der Waals surface area contributed by atoms with E-state index in [9.17, 15) is 4.79 Å². The summed E-state index contributed by atoms with van der Waals surface area (Å²) >= 11 is 0. The van der Waals surface area contributed by atoms with Crippen LogP contribution in [0.5, 0.6) is 0 Å². The van der Waals surface area contributed by atoms with E-state index in [4.69, 9.17) is 4.74 Å². The van der Waals surface area contributed by atoms with Gasteiger partial charge in [-0.3, -0.25) is 4.79 Å². The molecular formula is C20H32N2O2. The van der Waals surface area contributed by atoms with Crippen LogP contribution in [0.3, 0.4) is 0 Å². The summed E-state index contributed by atoms with van der Waals surface area (Å²) in [5, 5.41) is 6.61. The van der Waals surface area contributed by atoms with Crippen LogP contribution in [-0.4, -0.2) is 39.3 Å². The Hall–Kier alpha value is -1.39. The van der Waals surface area contributed by atoms with Crippen LogP contribution in [0.4, 0.5) is 0 Å². The molecule has 0 saturated carbocycles. The monoisotopic (exact) mass is 332 g/mol. The van der Waals surface area contributed by atoms with Crippen molar-refractivity contribution in [1.29, 1.82) is 0 Å². The third kappa shape index (κ3) is 3.98. The second-order valence-electron chi connectivity index (χ2n) is 7.00. The van der Waals surface area contributed by atoms with Crippen molar-refractivity contribution in [3.05, 3.63) is 35.9 Å². The van der Waals surface area contributed by atoms with Gasteiger partial charge >= 0.3 is 0 Å². The molecule has 4 heteroatoms. The van der Waals surface area contributed by atoms with E-state index in [2.05, 4.69) is 48.7 Å². The number of nitrogens with one attached hydrogen (secondary N) is 2.